The molecule has 6 nitrogen and oxygen atoms in total. The van der Waals surface area contributed by atoms with Crippen molar-refractivity contribution in [1.82, 2.24) is 9.66 Å². The van der Waals surface area contributed by atoms with Crippen LogP contribution in [-0.4, -0.2) is 22.7 Å². The molecular formula is C16H23BrN6. The summed E-state index contributed by atoms with van der Waals surface area (Å²) in [5, 5.41) is 4.76. The van der Waals surface area contributed by atoms with Crippen LogP contribution in [0, 0.1) is 12.3 Å². The standard InChI is InChI=1S/C16H23BrN6/c1-10-8-11-13(12(17)9-10)20-15(23(19)14(11)21-18)22-6-4-16(2,3)5-7-22/h8-9H,4-7,18-19H2,1-3H3/b21-14-. The van der Waals surface area contributed by atoms with Crippen LogP contribution in [0.4, 0.5) is 5.95 Å². The molecule has 1 aromatic carbocycles. The number of nitrogens with zero attached hydrogens (tertiary/aromatic N) is 4. The van der Waals surface area contributed by atoms with Crippen molar-refractivity contribution in [3.05, 3.63) is 27.7 Å². The van der Waals surface area contributed by atoms with Gasteiger partial charge in [-0.15, -0.1) is 0 Å². The molecule has 2 aromatic rings. The van der Waals surface area contributed by atoms with Crippen LogP contribution >= 0.6 is 15.9 Å². The molecule has 0 saturated carbocycles. The lowest BCUT2D eigenvalue weighted by Crippen LogP contribution is -2.43. The molecule has 1 fully saturated rings. The Labute approximate surface area is 144 Å². The SMILES string of the molecule is Cc1cc(Br)c2nc(N3CCC(C)(C)CC3)n(N)/c(=N\N)c2c1. The van der Waals surface area contributed by atoms with Crippen LogP contribution in [0.5, 0.6) is 0 Å². The van der Waals surface area contributed by atoms with Gasteiger partial charge in [0.1, 0.15) is 0 Å². The van der Waals surface area contributed by atoms with Crippen LogP contribution in [0.3, 0.4) is 0 Å². The zero-order valence-electron chi connectivity index (χ0n) is 13.8. The molecule has 7 heteroatoms. The van der Waals surface area contributed by atoms with E-state index in [2.05, 4.69) is 39.8 Å². The van der Waals surface area contributed by atoms with Crippen LogP contribution in [0.2, 0.25) is 0 Å². The third-order valence-electron chi connectivity index (χ3n) is 4.63. The van der Waals surface area contributed by atoms with Crippen LogP contribution < -0.4 is 22.1 Å². The molecule has 1 saturated heterocycles. The number of fused-ring (bicyclic) bond motifs is 1. The summed E-state index contributed by atoms with van der Waals surface area (Å²) in [6, 6.07) is 4.05. The zero-order chi connectivity index (χ0) is 16.8. The second kappa shape index (κ2) is 5.70. The number of benzene rings is 1. The van der Waals surface area contributed by atoms with Gasteiger partial charge in [-0.05, 0) is 58.8 Å². The Morgan fingerprint density at radius 2 is 1.91 bits per heavy atom. The molecule has 0 bridgehead atoms. The molecule has 0 amide bonds. The Hall–Kier alpha value is -1.76. The van der Waals surface area contributed by atoms with Crippen molar-refractivity contribution in [2.45, 2.75) is 33.6 Å². The first kappa shape index (κ1) is 16.1. The summed E-state index contributed by atoms with van der Waals surface area (Å²) in [4.78, 5) is 7.01. The van der Waals surface area contributed by atoms with E-state index in [0.717, 1.165) is 46.9 Å². The summed E-state index contributed by atoms with van der Waals surface area (Å²) in [5.74, 6) is 12.6. The minimum Gasteiger partial charge on any atom is -0.341 e. The first-order valence-corrected chi connectivity index (χ1v) is 8.58. The highest BCUT2D eigenvalue weighted by atomic mass is 79.9. The third-order valence-corrected chi connectivity index (χ3v) is 5.23. The lowest BCUT2D eigenvalue weighted by molar-refractivity contribution is 0.277. The molecule has 3 rings (SSSR count). The fourth-order valence-electron chi connectivity index (χ4n) is 3.06. The summed E-state index contributed by atoms with van der Waals surface area (Å²) in [7, 11) is 0. The lowest BCUT2D eigenvalue weighted by Gasteiger charge is -2.37. The van der Waals surface area contributed by atoms with Gasteiger partial charge in [-0.3, -0.25) is 0 Å². The number of hydrogen-bond donors (Lipinski definition) is 2. The molecule has 23 heavy (non-hydrogen) atoms. The maximum Gasteiger partial charge on any atom is 0.226 e. The van der Waals surface area contributed by atoms with Crippen LogP contribution in [0.25, 0.3) is 10.9 Å². The predicted octanol–water partition coefficient (Wildman–Crippen LogP) is 2.22. The molecular weight excluding hydrogens is 356 g/mol. The summed E-state index contributed by atoms with van der Waals surface area (Å²) < 4.78 is 2.43. The minimum absolute atomic E-state index is 0.367. The van der Waals surface area contributed by atoms with E-state index in [9.17, 15) is 0 Å². The number of piperidine rings is 1. The van der Waals surface area contributed by atoms with Crippen LogP contribution in [0.1, 0.15) is 32.3 Å². The molecule has 124 valence electrons. The molecule has 0 aliphatic carbocycles. The Kier molecular flexibility index (Phi) is 4.00. The fourth-order valence-corrected chi connectivity index (χ4v) is 3.73. The molecule has 0 atom stereocenters. The molecule has 0 radical (unpaired) electrons. The minimum atomic E-state index is 0.367. The van der Waals surface area contributed by atoms with Crippen molar-refractivity contribution in [3.8, 4) is 0 Å². The van der Waals surface area contributed by atoms with Crippen molar-refractivity contribution in [2.75, 3.05) is 23.8 Å². The van der Waals surface area contributed by atoms with Gasteiger partial charge in [0.2, 0.25) is 5.95 Å². The Balaban J connectivity index is 2.18. The number of anilines is 1. The summed E-state index contributed by atoms with van der Waals surface area (Å²) in [6.07, 6.45) is 2.22. The van der Waals surface area contributed by atoms with Gasteiger partial charge in [-0.25, -0.2) is 9.66 Å². The van der Waals surface area contributed by atoms with E-state index in [1.807, 2.05) is 19.1 Å². The van der Waals surface area contributed by atoms with E-state index in [1.165, 1.54) is 4.68 Å². The fraction of sp³-hybridized carbons (Fsp3) is 0.500. The topological polar surface area (TPSA) is 85.5 Å². The first-order valence-electron chi connectivity index (χ1n) is 7.79. The Bertz CT molecular complexity index is 813. The van der Waals surface area contributed by atoms with E-state index in [0.29, 0.717) is 16.9 Å². The summed E-state index contributed by atoms with van der Waals surface area (Å²) in [6.45, 7) is 8.47. The van der Waals surface area contributed by atoms with E-state index in [-0.39, 0.29) is 0 Å². The van der Waals surface area contributed by atoms with Gasteiger partial charge in [0.15, 0.2) is 5.49 Å². The van der Waals surface area contributed by atoms with Crippen molar-refractivity contribution in [2.24, 2.45) is 16.4 Å². The van der Waals surface area contributed by atoms with Crippen molar-refractivity contribution in [3.63, 3.8) is 0 Å². The number of aromatic nitrogens is 2. The maximum absolute atomic E-state index is 6.28. The first-order chi connectivity index (χ1) is 10.8. The number of rotatable bonds is 1. The molecule has 0 spiro atoms. The highest BCUT2D eigenvalue weighted by Gasteiger charge is 2.27. The lowest BCUT2D eigenvalue weighted by atomic mass is 9.83. The third kappa shape index (κ3) is 2.89. The van der Waals surface area contributed by atoms with Gasteiger partial charge in [-0.1, -0.05) is 13.8 Å². The van der Waals surface area contributed by atoms with Gasteiger partial charge in [-0.2, -0.15) is 5.10 Å². The largest absolute Gasteiger partial charge is 0.341 e. The van der Waals surface area contributed by atoms with Gasteiger partial charge in [0.05, 0.1) is 5.52 Å². The van der Waals surface area contributed by atoms with Crippen LogP contribution in [0.15, 0.2) is 21.7 Å². The smallest absolute Gasteiger partial charge is 0.226 e. The van der Waals surface area contributed by atoms with Gasteiger partial charge < -0.3 is 16.6 Å². The number of nitrogens with two attached hydrogens (primary N) is 2. The van der Waals surface area contributed by atoms with E-state index in [4.69, 9.17) is 16.7 Å². The van der Waals surface area contributed by atoms with Crippen LogP contribution in [-0.2, 0) is 0 Å². The maximum atomic E-state index is 6.28. The van der Waals surface area contributed by atoms with E-state index >= 15 is 0 Å². The van der Waals surface area contributed by atoms with Crippen molar-refractivity contribution in [1.29, 1.82) is 0 Å². The molecule has 1 aliphatic heterocycles. The normalized spacial score (nSPS) is 18.6. The predicted molar refractivity (Wildman–Crippen MR) is 97.3 cm³/mol. The van der Waals surface area contributed by atoms with Crippen molar-refractivity contribution >= 4 is 32.8 Å². The second-order valence-electron chi connectivity index (χ2n) is 7.03. The quantitative estimate of drug-likeness (QED) is 0.588. The average Bonchev–Trinajstić information content (AvgIpc) is 2.47. The molecule has 4 N–H and O–H groups in total. The highest BCUT2D eigenvalue weighted by molar-refractivity contribution is 9.10. The number of aryl methyl sites for hydroxylation is 1. The molecule has 1 aromatic heterocycles. The monoisotopic (exact) mass is 378 g/mol. The van der Waals surface area contributed by atoms with Gasteiger partial charge >= 0.3 is 0 Å². The molecule has 2 heterocycles. The Morgan fingerprint density at radius 1 is 1.26 bits per heavy atom. The number of hydrogen-bond acceptors (Lipinski definition) is 5. The van der Waals surface area contributed by atoms with E-state index < -0.39 is 0 Å². The number of nitrogen functional groups attached to an aromatic ring is 1. The van der Waals surface area contributed by atoms with Gasteiger partial charge in [0.25, 0.3) is 0 Å². The van der Waals surface area contributed by atoms with Gasteiger partial charge in [0, 0.05) is 22.9 Å². The van der Waals surface area contributed by atoms with Crippen molar-refractivity contribution < 1.29 is 0 Å². The average molecular weight is 379 g/mol. The second-order valence-corrected chi connectivity index (χ2v) is 7.88. The Morgan fingerprint density at radius 3 is 2.52 bits per heavy atom. The summed E-state index contributed by atoms with van der Waals surface area (Å²) in [5.41, 5.74) is 2.84. The highest BCUT2D eigenvalue weighted by Crippen LogP contribution is 2.32. The number of halogens is 1. The zero-order valence-corrected chi connectivity index (χ0v) is 15.4. The van der Waals surface area contributed by atoms with E-state index in [1.54, 1.807) is 0 Å². The molecule has 1 aliphatic rings. The molecule has 0 unspecified atom stereocenters. The summed E-state index contributed by atoms with van der Waals surface area (Å²) >= 11 is 3.60.